The second-order valence-electron chi connectivity index (χ2n) is 2.05. The fourth-order valence-corrected chi connectivity index (χ4v) is 0.602. The highest BCUT2D eigenvalue weighted by Crippen LogP contribution is 2.02. The lowest BCUT2D eigenvalue weighted by Gasteiger charge is -2.01. The summed E-state index contributed by atoms with van der Waals surface area (Å²) in [6.07, 6.45) is 3.30. The normalized spacial score (nSPS) is 13.1. The molecule has 0 aliphatic rings. The Labute approximate surface area is 55.7 Å². The Morgan fingerprint density at radius 1 is 1.67 bits per heavy atom. The first kappa shape index (κ1) is 8.63. The molecule has 0 amide bonds. The van der Waals surface area contributed by atoms with Gasteiger partial charge in [0, 0.05) is 6.54 Å². The third-order valence-electron chi connectivity index (χ3n) is 1.18. The van der Waals surface area contributed by atoms with Gasteiger partial charge >= 0.3 is 0 Å². The van der Waals surface area contributed by atoms with E-state index in [2.05, 4.69) is 6.58 Å². The molecule has 0 radical (unpaired) electrons. The van der Waals surface area contributed by atoms with Crippen molar-refractivity contribution in [3.05, 3.63) is 12.7 Å². The predicted octanol–water partition coefficient (Wildman–Crippen LogP) is 1.64. The number of unbranched alkanes of at least 4 members (excludes halogenated alkanes) is 1. The van der Waals surface area contributed by atoms with Crippen LogP contribution in [0.15, 0.2) is 12.7 Å². The minimum atomic E-state index is -0.815. The SMILES string of the molecule is C=CCCCC(F)CN. The van der Waals surface area contributed by atoms with Gasteiger partial charge in [0.05, 0.1) is 0 Å². The Hall–Kier alpha value is -0.370. The van der Waals surface area contributed by atoms with Gasteiger partial charge in [-0.3, -0.25) is 0 Å². The number of halogens is 1. The number of nitrogens with two attached hydrogens (primary N) is 1. The molecule has 0 aromatic heterocycles. The van der Waals surface area contributed by atoms with E-state index in [1.54, 1.807) is 6.08 Å². The van der Waals surface area contributed by atoms with Crippen LogP contribution in [0.1, 0.15) is 19.3 Å². The van der Waals surface area contributed by atoms with Crippen LogP contribution in [-0.4, -0.2) is 12.7 Å². The Morgan fingerprint density at radius 3 is 2.78 bits per heavy atom. The first-order valence-corrected chi connectivity index (χ1v) is 3.26. The van der Waals surface area contributed by atoms with Crippen LogP contribution >= 0.6 is 0 Å². The Bertz CT molecular complexity index is 73.3. The van der Waals surface area contributed by atoms with Gasteiger partial charge < -0.3 is 5.73 Å². The van der Waals surface area contributed by atoms with E-state index in [0.29, 0.717) is 6.42 Å². The minimum Gasteiger partial charge on any atom is -0.328 e. The molecule has 0 aliphatic carbocycles. The van der Waals surface area contributed by atoms with Crippen molar-refractivity contribution in [1.82, 2.24) is 0 Å². The van der Waals surface area contributed by atoms with Crippen molar-refractivity contribution in [1.29, 1.82) is 0 Å². The average molecular weight is 131 g/mol. The Balaban J connectivity index is 2.96. The molecule has 0 heterocycles. The lowest BCUT2D eigenvalue weighted by Crippen LogP contribution is -2.14. The van der Waals surface area contributed by atoms with Crippen LogP contribution < -0.4 is 5.73 Å². The molecule has 1 atom stereocenters. The van der Waals surface area contributed by atoms with E-state index < -0.39 is 6.17 Å². The van der Waals surface area contributed by atoms with E-state index in [9.17, 15) is 4.39 Å². The number of hydrogen-bond donors (Lipinski definition) is 1. The largest absolute Gasteiger partial charge is 0.328 e. The van der Waals surface area contributed by atoms with Crippen LogP contribution in [-0.2, 0) is 0 Å². The van der Waals surface area contributed by atoms with Crippen molar-refractivity contribution >= 4 is 0 Å². The maximum Gasteiger partial charge on any atom is 0.112 e. The van der Waals surface area contributed by atoms with E-state index in [1.165, 1.54) is 0 Å². The van der Waals surface area contributed by atoms with Crippen LogP contribution in [0.4, 0.5) is 4.39 Å². The average Bonchev–Trinajstić information content (AvgIpc) is 1.89. The monoisotopic (exact) mass is 131 g/mol. The lowest BCUT2D eigenvalue weighted by atomic mass is 10.2. The van der Waals surface area contributed by atoms with E-state index in [0.717, 1.165) is 12.8 Å². The highest BCUT2D eigenvalue weighted by atomic mass is 19.1. The van der Waals surface area contributed by atoms with E-state index >= 15 is 0 Å². The summed E-state index contributed by atoms with van der Waals surface area (Å²) in [4.78, 5) is 0. The third-order valence-corrected chi connectivity index (χ3v) is 1.18. The van der Waals surface area contributed by atoms with Gasteiger partial charge in [0.1, 0.15) is 6.17 Å². The minimum absolute atomic E-state index is 0.150. The maximum atomic E-state index is 12.3. The van der Waals surface area contributed by atoms with Crippen molar-refractivity contribution in [2.75, 3.05) is 6.54 Å². The summed E-state index contributed by atoms with van der Waals surface area (Å²) >= 11 is 0. The van der Waals surface area contributed by atoms with Crippen molar-refractivity contribution in [2.24, 2.45) is 5.73 Å². The topological polar surface area (TPSA) is 26.0 Å². The summed E-state index contributed by atoms with van der Waals surface area (Å²) in [6.45, 7) is 3.68. The molecular weight excluding hydrogens is 117 g/mol. The number of allylic oxidation sites excluding steroid dienone is 1. The van der Waals surface area contributed by atoms with Crippen LogP contribution in [0.25, 0.3) is 0 Å². The van der Waals surface area contributed by atoms with Crippen molar-refractivity contribution < 1.29 is 4.39 Å². The molecule has 0 saturated heterocycles. The molecule has 54 valence electrons. The predicted molar refractivity (Wildman–Crippen MR) is 38.0 cm³/mol. The number of rotatable bonds is 5. The second-order valence-corrected chi connectivity index (χ2v) is 2.05. The Kier molecular flexibility index (Phi) is 5.52. The molecule has 9 heavy (non-hydrogen) atoms. The molecule has 0 spiro atoms. The summed E-state index contributed by atoms with van der Waals surface area (Å²) < 4.78 is 12.3. The first-order valence-electron chi connectivity index (χ1n) is 3.26. The van der Waals surface area contributed by atoms with Crippen LogP contribution in [0.3, 0.4) is 0 Å². The van der Waals surface area contributed by atoms with Gasteiger partial charge in [-0.25, -0.2) is 4.39 Å². The molecular formula is C7H14FN. The number of alkyl halides is 1. The molecule has 1 unspecified atom stereocenters. The zero-order valence-electron chi connectivity index (χ0n) is 5.65. The summed E-state index contributed by atoms with van der Waals surface area (Å²) in [5.74, 6) is 0. The Morgan fingerprint density at radius 2 is 2.33 bits per heavy atom. The standard InChI is InChI=1S/C7H14FN/c1-2-3-4-5-7(8)6-9/h2,7H,1,3-6,9H2. The van der Waals surface area contributed by atoms with Gasteiger partial charge in [0.15, 0.2) is 0 Å². The van der Waals surface area contributed by atoms with E-state index in [4.69, 9.17) is 5.73 Å². The van der Waals surface area contributed by atoms with Crippen LogP contribution in [0.5, 0.6) is 0 Å². The molecule has 0 aliphatic heterocycles. The highest BCUT2D eigenvalue weighted by molar-refractivity contribution is 4.67. The third kappa shape index (κ3) is 5.50. The fraction of sp³-hybridized carbons (Fsp3) is 0.714. The maximum absolute atomic E-state index is 12.3. The molecule has 0 bridgehead atoms. The van der Waals surface area contributed by atoms with Gasteiger partial charge in [0.2, 0.25) is 0 Å². The highest BCUT2D eigenvalue weighted by Gasteiger charge is 2.00. The van der Waals surface area contributed by atoms with Gasteiger partial charge in [0.25, 0.3) is 0 Å². The van der Waals surface area contributed by atoms with Gasteiger partial charge in [-0.15, -0.1) is 6.58 Å². The zero-order chi connectivity index (χ0) is 7.11. The zero-order valence-corrected chi connectivity index (χ0v) is 5.65. The van der Waals surface area contributed by atoms with E-state index in [-0.39, 0.29) is 6.54 Å². The van der Waals surface area contributed by atoms with Gasteiger partial charge in [-0.1, -0.05) is 6.08 Å². The molecule has 0 rings (SSSR count). The van der Waals surface area contributed by atoms with Gasteiger partial charge in [-0.2, -0.15) is 0 Å². The molecule has 2 N–H and O–H groups in total. The second kappa shape index (κ2) is 5.76. The molecule has 0 fully saturated rings. The van der Waals surface area contributed by atoms with Gasteiger partial charge in [-0.05, 0) is 19.3 Å². The van der Waals surface area contributed by atoms with E-state index in [1.807, 2.05) is 0 Å². The molecule has 1 nitrogen and oxygen atoms in total. The summed E-state index contributed by atoms with van der Waals surface area (Å²) in [6, 6.07) is 0. The van der Waals surface area contributed by atoms with Crippen molar-refractivity contribution in [3.8, 4) is 0 Å². The summed E-state index contributed by atoms with van der Waals surface area (Å²) in [5.41, 5.74) is 5.05. The quantitative estimate of drug-likeness (QED) is 0.445. The fourth-order valence-electron chi connectivity index (χ4n) is 0.602. The van der Waals surface area contributed by atoms with Crippen molar-refractivity contribution in [3.63, 3.8) is 0 Å². The number of hydrogen-bond acceptors (Lipinski definition) is 1. The summed E-state index contributed by atoms with van der Waals surface area (Å²) in [7, 11) is 0. The van der Waals surface area contributed by atoms with Crippen molar-refractivity contribution in [2.45, 2.75) is 25.4 Å². The lowest BCUT2D eigenvalue weighted by molar-refractivity contribution is 0.317. The van der Waals surface area contributed by atoms with Crippen LogP contribution in [0.2, 0.25) is 0 Å². The molecule has 0 aromatic rings. The molecule has 2 heteroatoms. The molecule has 0 saturated carbocycles. The van der Waals surface area contributed by atoms with Crippen LogP contribution in [0, 0.1) is 0 Å². The smallest absolute Gasteiger partial charge is 0.112 e. The first-order chi connectivity index (χ1) is 4.31. The molecule has 0 aromatic carbocycles. The summed E-state index contributed by atoms with van der Waals surface area (Å²) in [5, 5.41) is 0.